The first kappa shape index (κ1) is 97.8. The zero-order valence-electron chi connectivity index (χ0n) is 73.5. The van der Waals surface area contributed by atoms with Gasteiger partial charge in [0.1, 0.15) is 39.9 Å². The standard InChI is InChI=1S/C30H30FN7O2S.C24H21BFN6O3PS.C24H21FN6O3S.C8H5IN2.C6H11N.3CH4/c1-15-19-13-38(14-20(15)19)27-24-18-9-16(31)10-23(37(5)29(39)40-30(2,3)4)25(18)34-26(24)35-28(36-27)41-17-11-22-21(33-12-17)7-6-8-32-22;1-24(2,3)35-23(33)32(4)17-9-12(26)8-14-18-20(29-19(14)17)30-22(31-21(18)36-25-34)37-13-10-16-15(28-11-13)6-5-7-27-16;1-24(2,3)34-23(33)31(4)17-9-12(25)8-14-18-20(28-19(14)17)29-22(30-21(18)32)35-13-10-16-15(27-11-13)6-5-7-26-16;9-6-4-8-7(11-5-6)2-1-3-10-8;1-4-5-2-7-3-6(4)5;;;/h6-12,15,19-20H,13-14H2,1-5H3,(H,34,35,36);5-11,36H,1-4H3,(H,29,30,31);5-11H,1-4H3,(H2,28,29,30,32);1-5H;4-7H,2-3H2,1H3;3*1H4/t15?,19-,20+;;;;4?,5-,6+;;;. The van der Waals surface area contributed by atoms with Gasteiger partial charge >= 0.3 is 230 Å². The van der Waals surface area contributed by atoms with E-state index in [0.717, 1.165) is 111 Å². The molecule has 134 heavy (non-hydrogen) atoms. The molecule has 4 aliphatic rings. The molecule has 4 fully saturated rings. The molecule has 7 atom stereocenters. The van der Waals surface area contributed by atoms with Crippen LogP contribution < -0.4 is 35.9 Å². The number of H-pyrrole nitrogens is 4. The van der Waals surface area contributed by atoms with Gasteiger partial charge in [0.25, 0.3) is 5.56 Å². The number of carbonyl (C=O) groups is 3. The summed E-state index contributed by atoms with van der Waals surface area (Å²) in [6, 6.07) is 30.6. The van der Waals surface area contributed by atoms with Crippen LogP contribution in [-0.4, -0.2) is 174 Å². The van der Waals surface area contributed by atoms with E-state index in [9.17, 15) is 32.7 Å². The van der Waals surface area contributed by atoms with Gasteiger partial charge in [-0.25, -0.2) is 33.3 Å². The number of pyridine rings is 8. The minimum Gasteiger partial charge on any atom is -0.255 e. The zero-order chi connectivity index (χ0) is 92.4. The molecule has 30 nitrogen and oxygen atoms in total. The van der Waals surface area contributed by atoms with Crippen LogP contribution in [0.4, 0.5) is 50.4 Å². The number of carbonyl (C=O) groups excluding carboxylic acids is 3. The maximum absolute atomic E-state index is 15.1. The molecule has 2 saturated carbocycles. The fraction of sp³-hybridized carbons (Fsp3) is 0.316. The number of aromatic nitrogens is 17. The van der Waals surface area contributed by atoms with Crippen molar-refractivity contribution in [2.24, 2.45) is 35.5 Å². The van der Waals surface area contributed by atoms with Crippen molar-refractivity contribution in [3.8, 4) is 0 Å². The van der Waals surface area contributed by atoms with Crippen LogP contribution in [0.1, 0.15) is 98.4 Å². The number of rotatable bonds is 12. The molecule has 21 rings (SSSR count). The number of nitrogens with one attached hydrogen (secondary N) is 5. The Kier molecular flexibility index (Phi) is 29.0. The zero-order valence-corrected chi connectivity index (χ0v) is 79.1. The second-order valence-electron chi connectivity index (χ2n) is 35.1. The van der Waals surface area contributed by atoms with Gasteiger partial charge in [-0.3, -0.25) is 44.5 Å². The van der Waals surface area contributed by atoms with Gasteiger partial charge in [0.15, 0.2) is 10.3 Å². The van der Waals surface area contributed by atoms with E-state index in [2.05, 4.69) is 121 Å². The van der Waals surface area contributed by atoms with E-state index < -0.39 is 58.1 Å². The number of piperidine rings is 2. The average molecular weight is 2000 g/mol. The van der Waals surface area contributed by atoms with Gasteiger partial charge in [0.05, 0.1) is 66.3 Å². The summed E-state index contributed by atoms with van der Waals surface area (Å²) in [5, 5.41) is 7.50. The van der Waals surface area contributed by atoms with E-state index in [1.807, 2.05) is 79.0 Å². The maximum atomic E-state index is 15.1. The molecule has 5 N–H and O–H groups in total. The van der Waals surface area contributed by atoms with Crippen molar-refractivity contribution in [3.63, 3.8) is 0 Å². The fourth-order valence-corrected chi connectivity index (χ4v) is 19.5. The Morgan fingerprint density at radius 1 is 0.463 bits per heavy atom. The molecule has 2 aliphatic carbocycles. The van der Waals surface area contributed by atoms with Crippen LogP contribution in [0, 0.1) is 56.5 Å². The molecule has 3 amide bonds. The SMILES string of the molecule is C.C.C.CC1[C@H]2CN(c3nc(Sc4cnc5cccnc5c4)nc4[nH]c5c(N(C)C(=O)OC(C)(C)C)cc(F)cc5c34)C[C@@H]12.CC1[C@H]2CNC[C@@H]12.CN(C(=O)OC(C)(C)C)c1cc(F)cc2c1[nH]c1nc(Sc3cnc4cccnc4c3)[nH]c(=O)c12.CN(C(=O)OC(C)(C)C)c1cc(F)cc2c1[nH]c1nc(Sc3cnc4cccnc4c3)nc(PB=O)c12.Ic1cnc2cccnc2c1. The molecule has 39 heteroatoms. The smallest absolute Gasteiger partial charge is 0.0897 e. The number of amides is 3. The van der Waals surface area contributed by atoms with Crippen molar-refractivity contribution in [3.05, 3.63) is 190 Å². The first-order valence-corrected chi connectivity index (χ1v) is 46.5. The second kappa shape index (κ2) is 39.8. The normalized spacial score (nSPS) is 16.4. The summed E-state index contributed by atoms with van der Waals surface area (Å²) in [4.78, 5) is 131. The van der Waals surface area contributed by atoms with Crippen molar-refractivity contribution in [2.75, 3.05) is 66.9 Å². The summed E-state index contributed by atoms with van der Waals surface area (Å²) in [6.07, 6.45) is 12.1. The Bertz CT molecular complexity index is 7430. The number of nitrogens with zero attached hydrogens (tertiary/aromatic N) is 17. The third kappa shape index (κ3) is 21.6. The van der Waals surface area contributed by atoms with Gasteiger partial charge in [-0.2, -0.15) is 0 Å². The molecule has 0 radical (unpaired) electrons. The number of halogens is 4. The van der Waals surface area contributed by atoms with Gasteiger partial charge in [-0.1, -0.05) is 36.1 Å². The van der Waals surface area contributed by atoms with E-state index in [1.54, 1.807) is 113 Å². The van der Waals surface area contributed by atoms with E-state index in [4.69, 9.17) is 24.2 Å². The van der Waals surface area contributed by atoms with Crippen LogP contribution in [0.5, 0.6) is 0 Å². The molecule has 2 saturated heterocycles. The Morgan fingerprint density at radius 3 is 1.23 bits per heavy atom. The number of hydrogen-bond donors (Lipinski definition) is 5. The van der Waals surface area contributed by atoms with Gasteiger partial charge in [-0.05, 0) is 215 Å². The summed E-state index contributed by atoms with van der Waals surface area (Å²) < 4.78 is 73.5. The third-order valence-electron chi connectivity index (χ3n) is 22.5. The minimum atomic E-state index is -0.726. The van der Waals surface area contributed by atoms with Crippen molar-refractivity contribution in [1.82, 2.24) is 90.0 Å². The Morgan fingerprint density at radius 2 is 0.828 bits per heavy atom. The molecule has 0 spiro atoms. The molecule has 0 bridgehead atoms. The number of ether oxygens (including phenoxy) is 3. The van der Waals surface area contributed by atoms with Crippen LogP contribution in [-0.2, 0) is 18.9 Å². The van der Waals surface area contributed by atoms with Crippen molar-refractivity contribution >= 4 is 230 Å². The molecule has 17 aromatic rings. The second-order valence-corrected chi connectivity index (χ2v) is 40.5. The van der Waals surface area contributed by atoms with Crippen molar-refractivity contribution in [2.45, 2.75) is 145 Å². The quantitative estimate of drug-likeness (QED) is 0.0249. The molecule has 692 valence electrons. The number of benzene rings is 3. The third-order valence-corrected chi connectivity index (χ3v) is 26.3. The molecular weight excluding hydrogens is 1900 g/mol. The van der Waals surface area contributed by atoms with Gasteiger partial charge in [0, 0.05) is 88.5 Å². The van der Waals surface area contributed by atoms with Gasteiger partial charge < -0.3 is 34.6 Å². The number of anilines is 4. The van der Waals surface area contributed by atoms with Crippen LogP contribution in [0.15, 0.2) is 194 Å². The number of aromatic amines is 4. The number of hydrogen-bond acceptors (Lipinski definition) is 26. The van der Waals surface area contributed by atoms with Gasteiger partial charge in [-0.15, -0.1) is 0 Å². The van der Waals surface area contributed by atoms with Gasteiger partial charge in [0.2, 0.25) is 0 Å². The molecule has 14 aromatic heterocycles. The predicted octanol–water partition coefficient (Wildman–Crippen LogP) is 21.0. The molecule has 3 unspecified atom stereocenters. The van der Waals surface area contributed by atoms with Crippen molar-refractivity contribution < 1.29 is 46.5 Å². The molecule has 2 aliphatic heterocycles. The summed E-state index contributed by atoms with van der Waals surface area (Å²) in [7, 11) is 4.29. The van der Waals surface area contributed by atoms with Crippen LogP contribution in [0.2, 0.25) is 0 Å². The van der Waals surface area contributed by atoms with Crippen molar-refractivity contribution in [1.29, 1.82) is 0 Å². The monoisotopic (exact) mass is 2000 g/mol. The van der Waals surface area contributed by atoms with E-state index in [1.165, 1.54) is 114 Å². The average Bonchev–Trinajstić information content (AvgIpc) is 1.64. The Balaban J connectivity index is 0.000000145. The maximum Gasteiger partial charge on any atom is 0.0897 e. The topological polar surface area (TPSA) is 369 Å². The summed E-state index contributed by atoms with van der Waals surface area (Å²) in [5.41, 5.74) is 8.02. The van der Waals surface area contributed by atoms with E-state index >= 15 is 4.39 Å². The fourth-order valence-electron chi connectivity index (χ4n) is 16.0. The number of fused-ring (bicyclic) bond motifs is 15. The molecule has 16 heterocycles. The van der Waals surface area contributed by atoms with E-state index in [0.29, 0.717) is 93.7 Å². The minimum absolute atomic E-state index is 0. The van der Waals surface area contributed by atoms with Crippen LogP contribution in [0.25, 0.3) is 110 Å². The first-order valence-electron chi connectivity index (χ1n) is 41.9. The Labute approximate surface area is 798 Å². The summed E-state index contributed by atoms with van der Waals surface area (Å²) in [5.74, 6) is 4.35. The molecule has 3 aromatic carbocycles. The van der Waals surface area contributed by atoms with E-state index in [-0.39, 0.29) is 53.1 Å². The summed E-state index contributed by atoms with van der Waals surface area (Å²) >= 11 is 6.13. The Hall–Kier alpha value is -12.2. The van der Waals surface area contributed by atoms with Crippen LogP contribution >= 0.6 is 66.3 Å². The largest absolute Gasteiger partial charge is 0.255 e. The predicted molar refractivity (Wildman–Crippen MR) is 536 cm³/mol. The first-order chi connectivity index (χ1) is 62.5. The molecular formula is C95H100BF3IN22O8PS3. The van der Waals surface area contributed by atoms with Crippen LogP contribution in [0.3, 0.4) is 0 Å². The summed E-state index contributed by atoms with van der Waals surface area (Å²) in [6.45, 7) is 25.7.